The summed E-state index contributed by atoms with van der Waals surface area (Å²) < 4.78 is 33.1. The molecule has 1 aliphatic rings. The Morgan fingerprint density at radius 1 is 1.08 bits per heavy atom. The van der Waals surface area contributed by atoms with E-state index in [2.05, 4.69) is 17.0 Å². The van der Waals surface area contributed by atoms with Crippen LogP contribution in [0.25, 0.3) is 0 Å². The van der Waals surface area contributed by atoms with Gasteiger partial charge in [0, 0.05) is 25.7 Å². The topological polar surface area (TPSA) is 49.9 Å². The molecular formula is C19H24N2O3S. The molecule has 5 nitrogen and oxygen atoms in total. The largest absolute Gasteiger partial charge is 0.497 e. The first-order valence-corrected chi connectivity index (χ1v) is 9.77. The second kappa shape index (κ2) is 7.15. The van der Waals surface area contributed by atoms with Gasteiger partial charge in [-0.1, -0.05) is 30.3 Å². The van der Waals surface area contributed by atoms with Crippen LogP contribution in [0.3, 0.4) is 0 Å². The maximum absolute atomic E-state index is 13.2. The quantitative estimate of drug-likeness (QED) is 0.841. The number of hydrogen-bond acceptors (Lipinski definition) is 4. The fourth-order valence-corrected chi connectivity index (χ4v) is 4.92. The lowest BCUT2D eigenvalue weighted by atomic mass is 10.0. The van der Waals surface area contributed by atoms with Crippen LogP contribution >= 0.6 is 0 Å². The van der Waals surface area contributed by atoms with E-state index in [4.69, 9.17) is 4.74 Å². The lowest BCUT2D eigenvalue weighted by molar-refractivity contribution is 0.148. The molecule has 0 bridgehead atoms. The zero-order chi connectivity index (χ0) is 18.0. The van der Waals surface area contributed by atoms with Gasteiger partial charge in [-0.3, -0.25) is 4.90 Å². The van der Waals surface area contributed by atoms with E-state index in [1.54, 1.807) is 36.5 Å². The normalized spacial score (nSPS) is 19.7. The summed E-state index contributed by atoms with van der Waals surface area (Å²) in [6.45, 7) is 3.45. The molecule has 1 aliphatic heterocycles. The number of benzene rings is 2. The molecule has 1 atom stereocenters. The highest BCUT2D eigenvalue weighted by Gasteiger charge is 2.34. The molecule has 2 aromatic rings. The third-order valence-electron chi connectivity index (χ3n) is 4.80. The zero-order valence-corrected chi connectivity index (χ0v) is 15.7. The van der Waals surface area contributed by atoms with Crippen LogP contribution in [0.5, 0.6) is 5.75 Å². The fourth-order valence-electron chi connectivity index (χ4n) is 3.28. The van der Waals surface area contributed by atoms with Crippen molar-refractivity contribution in [2.45, 2.75) is 17.9 Å². The molecule has 1 saturated heterocycles. The minimum Gasteiger partial charge on any atom is -0.497 e. The van der Waals surface area contributed by atoms with Crippen molar-refractivity contribution >= 4 is 10.0 Å². The highest BCUT2D eigenvalue weighted by atomic mass is 32.2. The van der Waals surface area contributed by atoms with E-state index in [0.717, 1.165) is 5.56 Å². The number of nitrogens with zero attached hydrogens (tertiary/aromatic N) is 2. The van der Waals surface area contributed by atoms with Crippen LogP contribution in [-0.2, 0) is 10.0 Å². The average Bonchev–Trinajstić information content (AvgIpc) is 2.62. The summed E-state index contributed by atoms with van der Waals surface area (Å²) in [4.78, 5) is 2.56. The average molecular weight is 360 g/mol. The Morgan fingerprint density at radius 3 is 2.44 bits per heavy atom. The molecule has 0 spiro atoms. The number of aryl methyl sites for hydroxylation is 1. The number of sulfonamides is 1. The third-order valence-corrected chi connectivity index (χ3v) is 6.82. The first kappa shape index (κ1) is 17.9. The summed E-state index contributed by atoms with van der Waals surface area (Å²) in [5.41, 5.74) is 1.84. The second-order valence-electron chi connectivity index (χ2n) is 6.40. The molecule has 2 aromatic carbocycles. The van der Waals surface area contributed by atoms with Crippen molar-refractivity contribution in [1.82, 2.24) is 9.21 Å². The summed E-state index contributed by atoms with van der Waals surface area (Å²) >= 11 is 0. The number of likely N-dealkylation sites (N-methyl/N-ethyl adjacent to an activating group) is 1. The van der Waals surface area contributed by atoms with Crippen molar-refractivity contribution in [3.63, 3.8) is 0 Å². The summed E-state index contributed by atoms with van der Waals surface area (Å²) in [7, 11) is 0.0883. The van der Waals surface area contributed by atoms with Gasteiger partial charge in [-0.25, -0.2) is 8.42 Å². The molecule has 0 aromatic heterocycles. The first-order valence-electron chi connectivity index (χ1n) is 8.33. The molecule has 0 saturated carbocycles. The molecule has 1 heterocycles. The Balaban J connectivity index is 1.90. The minimum absolute atomic E-state index is 0.0586. The number of methoxy groups -OCH3 is 1. The Morgan fingerprint density at radius 2 is 1.80 bits per heavy atom. The Bertz CT molecular complexity index is 837. The predicted molar refractivity (Wildman–Crippen MR) is 98.3 cm³/mol. The van der Waals surface area contributed by atoms with Crippen LogP contribution in [0.1, 0.15) is 17.2 Å². The van der Waals surface area contributed by atoms with Crippen LogP contribution in [0.2, 0.25) is 0 Å². The van der Waals surface area contributed by atoms with Gasteiger partial charge in [0.2, 0.25) is 10.0 Å². The van der Waals surface area contributed by atoms with Crippen molar-refractivity contribution in [3.8, 4) is 5.75 Å². The lowest BCUT2D eigenvalue weighted by Crippen LogP contribution is -2.48. The Labute approximate surface area is 149 Å². The van der Waals surface area contributed by atoms with Crippen molar-refractivity contribution < 1.29 is 13.2 Å². The monoisotopic (exact) mass is 360 g/mol. The molecule has 0 amide bonds. The van der Waals surface area contributed by atoms with Gasteiger partial charge in [0.15, 0.2) is 0 Å². The van der Waals surface area contributed by atoms with Gasteiger partial charge >= 0.3 is 0 Å². The van der Waals surface area contributed by atoms with Gasteiger partial charge in [0.05, 0.1) is 12.0 Å². The minimum atomic E-state index is -3.53. The maximum atomic E-state index is 13.2. The maximum Gasteiger partial charge on any atom is 0.243 e. The van der Waals surface area contributed by atoms with Crippen molar-refractivity contribution in [3.05, 3.63) is 59.7 Å². The number of ether oxygens (including phenoxy) is 1. The highest BCUT2D eigenvalue weighted by molar-refractivity contribution is 7.89. The van der Waals surface area contributed by atoms with Crippen LogP contribution in [0.4, 0.5) is 0 Å². The van der Waals surface area contributed by atoms with Crippen molar-refractivity contribution in [2.75, 3.05) is 33.8 Å². The first-order chi connectivity index (χ1) is 11.9. The number of rotatable bonds is 4. The van der Waals surface area contributed by atoms with E-state index < -0.39 is 10.0 Å². The fraction of sp³-hybridized carbons (Fsp3) is 0.368. The van der Waals surface area contributed by atoms with Gasteiger partial charge < -0.3 is 4.74 Å². The summed E-state index contributed by atoms with van der Waals surface area (Å²) in [5.74, 6) is 0.664. The van der Waals surface area contributed by atoms with Crippen molar-refractivity contribution in [1.29, 1.82) is 0 Å². The predicted octanol–water partition coefficient (Wildman–Crippen LogP) is 2.68. The van der Waals surface area contributed by atoms with Crippen LogP contribution < -0.4 is 4.74 Å². The highest BCUT2D eigenvalue weighted by Crippen LogP contribution is 2.29. The SMILES string of the molecule is COc1ccc(S(=O)(=O)N2CCN(C)C(c3ccccc3)C2)c(C)c1. The van der Waals surface area contributed by atoms with E-state index in [9.17, 15) is 8.42 Å². The van der Waals surface area contributed by atoms with E-state index in [0.29, 0.717) is 35.8 Å². The van der Waals surface area contributed by atoms with Gasteiger partial charge in [0.1, 0.15) is 5.75 Å². The number of piperazine rings is 1. The Hall–Kier alpha value is -1.89. The van der Waals surface area contributed by atoms with Crippen LogP contribution in [-0.4, -0.2) is 51.4 Å². The molecule has 0 N–H and O–H groups in total. The molecule has 6 heteroatoms. The molecule has 3 rings (SSSR count). The zero-order valence-electron chi connectivity index (χ0n) is 14.8. The van der Waals surface area contributed by atoms with E-state index >= 15 is 0 Å². The molecule has 0 aliphatic carbocycles. The molecular weight excluding hydrogens is 336 g/mol. The van der Waals surface area contributed by atoms with E-state index in [-0.39, 0.29) is 6.04 Å². The van der Waals surface area contributed by atoms with Gasteiger partial charge in [-0.15, -0.1) is 0 Å². The second-order valence-corrected chi connectivity index (χ2v) is 8.31. The van der Waals surface area contributed by atoms with E-state index in [1.807, 2.05) is 25.2 Å². The van der Waals surface area contributed by atoms with Gasteiger partial charge in [0.25, 0.3) is 0 Å². The smallest absolute Gasteiger partial charge is 0.243 e. The molecule has 25 heavy (non-hydrogen) atoms. The molecule has 0 radical (unpaired) electrons. The Kier molecular flexibility index (Phi) is 5.13. The van der Waals surface area contributed by atoms with Crippen LogP contribution in [0, 0.1) is 6.92 Å². The van der Waals surface area contributed by atoms with E-state index in [1.165, 1.54) is 0 Å². The lowest BCUT2D eigenvalue weighted by Gasteiger charge is -2.39. The van der Waals surface area contributed by atoms with Crippen molar-refractivity contribution in [2.24, 2.45) is 0 Å². The standard InChI is InChI=1S/C19H24N2O3S/c1-15-13-17(24-3)9-10-19(15)25(22,23)21-12-11-20(2)18(14-21)16-7-5-4-6-8-16/h4-10,13,18H,11-12,14H2,1-3H3. The summed E-state index contributed by atoms with van der Waals surface area (Å²) in [6.07, 6.45) is 0. The summed E-state index contributed by atoms with van der Waals surface area (Å²) in [6, 6.07) is 15.2. The third kappa shape index (κ3) is 3.56. The molecule has 1 unspecified atom stereocenters. The van der Waals surface area contributed by atoms with Crippen LogP contribution in [0.15, 0.2) is 53.4 Å². The van der Waals surface area contributed by atoms with Gasteiger partial charge in [-0.05, 0) is 43.3 Å². The number of hydrogen-bond donors (Lipinski definition) is 0. The molecule has 134 valence electrons. The summed E-state index contributed by atoms with van der Waals surface area (Å²) in [5, 5.41) is 0. The molecule has 1 fully saturated rings. The van der Waals surface area contributed by atoms with Gasteiger partial charge in [-0.2, -0.15) is 4.31 Å².